The molecule has 8 heteroatoms. The molecule has 32 heavy (non-hydrogen) atoms. The second-order valence-electron chi connectivity index (χ2n) is 9.06. The number of ether oxygens (including phenoxy) is 2. The smallest absolute Gasteiger partial charge is 0.274 e. The zero-order chi connectivity index (χ0) is 23.2. The molecule has 1 amide bonds. The molecule has 3 aromatic rings. The number of methoxy groups -OCH3 is 1. The van der Waals surface area contributed by atoms with Gasteiger partial charge in [0.1, 0.15) is 18.1 Å². The molecule has 0 atom stereocenters. The van der Waals surface area contributed by atoms with E-state index in [2.05, 4.69) is 19.9 Å². The van der Waals surface area contributed by atoms with E-state index in [0.29, 0.717) is 10.9 Å². The summed E-state index contributed by atoms with van der Waals surface area (Å²) in [5, 5.41) is 9.26. The first kappa shape index (κ1) is 22.7. The molecule has 1 aliphatic rings. The van der Waals surface area contributed by atoms with E-state index in [1.54, 1.807) is 35.1 Å². The van der Waals surface area contributed by atoms with Crippen molar-refractivity contribution in [3.05, 3.63) is 40.2 Å². The molecule has 1 aromatic carbocycles. The fourth-order valence-electron chi connectivity index (χ4n) is 3.56. The van der Waals surface area contributed by atoms with Crippen molar-refractivity contribution in [2.24, 2.45) is 0 Å². The Labute approximate surface area is 197 Å². The van der Waals surface area contributed by atoms with Crippen LogP contribution in [0, 0.1) is 0 Å². The lowest BCUT2D eigenvalue weighted by Gasteiger charge is -2.31. The van der Waals surface area contributed by atoms with Gasteiger partial charge in [-0.2, -0.15) is 16.4 Å². The summed E-state index contributed by atoms with van der Waals surface area (Å²) in [7, 11) is 3.49. The van der Waals surface area contributed by atoms with Crippen LogP contribution in [0.1, 0.15) is 50.7 Å². The lowest BCUT2D eigenvalue weighted by molar-refractivity contribution is 0.0646. The number of nitrogens with zero attached hydrogens (tertiary/aromatic N) is 3. The lowest BCUT2D eigenvalue weighted by atomic mass is 10.0. The maximum Gasteiger partial charge on any atom is 0.274 e. The predicted octanol–water partition coefficient (Wildman–Crippen LogP) is 5.87. The van der Waals surface area contributed by atoms with Gasteiger partial charge in [0.15, 0.2) is 5.69 Å². The molecule has 0 radical (unpaired) electrons. The number of carbonyl (C=O) groups is 1. The zero-order valence-electron chi connectivity index (χ0n) is 19.6. The molecule has 0 fully saturated rings. The minimum Gasteiger partial charge on any atom is -0.495 e. The Bertz CT molecular complexity index is 1140. The minimum absolute atomic E-state index is 0.111. The number of aromatic nitrogens is 2. The third-order valence-electron chi connectivity index (χ3n) is 5.50. The van der Waals surface area contributed by atoms with Crippen LogP contribution in [0.5, 0.6) is 11.5 Å². The van der Waals surface area contributed by atoms with Gasteiger partial charge in [0, 0.05) is 40.4 Å². The molecule has 1 aliphatic heterocycles. The van der Waals surface area contributed by atoms with E-state index in [-0.39, 0.29) is 18.1 Å². The maximum absolute atomic E-state index is 13.4. The number of thioether (sulfide) groups is 1. The summed E-state index contributed by atoms with van der Waals surface area (Å²) in [5.74, 6) is 1.42. The average Bonchev–Trinajstić information content (AvgIpc) is 3.38. The van der Waals surface area contributed by atoms with Crippen molar-refractivity contribution >= 4 is 29.0 Å². The Morgan fingerprint density at radius 2 is 2.09 bits per heavy atom. The molecule has 170 valence electrons. The standard InChI is InChI=1S/C24H29N3O3S2/c1-14(2)32-20-10-16-18(11-19(20)29-7)30-12-17-21(23(28)26(6)24(3,4)5)25-27(22(16)17)15-8-9-31-13-15/h8-11,13-14H,12H2,1-7H3. The maximum atomic E-state index is 13.4. The van der Waals surface area contributed by atoms with Gasteiger partial charge in [-0.05, 0) is 38.3 Å². The highest BCUT2D eigenvalue weighted by Crippen LogP contribution is 2.46. The van der Waals surface area contributed by atoms with Crippen LogP contribution >= 0.6 is 23.1 Å². The van der Waals surface area contributed by atoms with Crippen LogP contribution in [0.3, 0.4) is 0 Å². The van der Waals surface area contributed by atoms with Crippen molar-refractivity contribution < 1.29 is 14.3 Å². The predicted molar refractivity (Wildman–Crippen MR) is 131 cm³/mol. The number of benzene rings is 1. The highest BCUT2D eigenvalue weighted by molar-refractivity contribution is 8.00. The van der Waals surface area contributed by atoms with Crippen LogP contribution < -0.4 is 9.47 Å². The molecule has 0 aliphatic carbocycles. The lowest BCUT2D eigenvalue weighted by Crippen LogP contribution is -2.43. The first-order valence-corrected chi connectivity index (χ1v) is 12.4. The summed E-state index contributed by atoms with van der Waals surface area (Å²) in [6.45, 7) is 10.6. The second kappa shape index (κ2) is 8.48. The summed E-state index contributed by atoms with van der Waals surface area (Å²) in [6.07, 6.45) is 0. The molecule has 0 saturated heterocycles. The number of amides is 1. The van der Waals surface area contributed by atoms with Gasteiger partial charge < -0.3 is 14.4 Å². The van der Waals surface area contributed by atoms with Crippen LogP contribution in [0.4, 0.5) is 0 Å². The fourth-order valence-corrected chi connectivity index (χ4v) is 5.13. The van der Waals surface area contributed by atoms with Gasteiger partial charge in [-0.3, -0.25) is 4.79 Å². The van der Waals surface area contributed by atoms with Gasteiger partial charge in [0.25, 0.3) is 5.91 Å². The molecule has 0 bridgehead atoms. The molecular weight excluding hydrogens is 442 g/mol. The van der Waals surface area contributed by atoms with E-state index in [9.17, 15) is 4.79 Å². The molecule has 3 heterocycles. The number of thiophene rings is 1. The van der Waals surface area contributed by atoms with Gasteiger partial charge in [-0.1, -0.05) is 13.8 Å². The first-order valence-electron chi connectivity index (χ1n) is 10.6. The van der Waals surface area contributed by atoms with Crippen LogP contribution in [-0.4, -0.2) is 45.5 Å². The zero-order valence-corrected chi connectivity index (χ0v) is 21.2. The number of hydrogen-bond donors (Lipinski definition) is 0. The number of carbonyl (C=O) groups excluding carboxylic acids is 1. The summed E-state index contributed by atoms with van der Waals surface area (Å²) >= 11 is 3.34. The highest BCUT2D eigenvalue weighted by atomic mass is 32.2. The van der Waals surface area contributed by atoms with Gasteiger partial charge in [0.05, 0.1) is 23.4 Å². The van der Waals surface area contributed by atoms with Gasteiger partial charge >= 0.3 is 0 Å². The topological polar surface area (TPSA) is 56.6 Å². The van der Waals surface area contributed by atoms with Crippen molar-refractivity contribution in [3.8, 4) is 28.4 Å². The van der Waals surface area contributed by atoms with Gasteiger partial charge in [-0.15, -0.1) is 11.8 Å². The Kier molecular flexibility index (Phi) is 6.02. The highest BCUT2D eigenvalue weighted by Gasteiger charge is 2.34. The molecule has 4 rings (SSSR count). The van der Waals surface area contributed by atoms with E-state index >= 15 is 0 Å². The Hall–Kier alpha value is -2.45. The molecule has 0 N–H and O–H groups in total. The van der Waals surface area contributed by atoms with Crippen molar-refractivity contribution in [2.45, 2.75) is 56.9 Å². The molecule has 0 spiro atoms. The molecule has 6 nitrogen and oxygen atoms in total. The van der Waals surface area contributed by atoms with Gasteiger partial charge in [-0.25, -0.2) is 4.68 Å². The molecular formula is C24H29N3O3S2. The van der Waals surface area contributed by atoms with Crippen molar-refractivity contribution in [2.75, 3.05) is 14.2 Å². The third kappa shape index (κ3) is 4.01. The van der Waals surface area contributed by atoms with E-state index in [0.717, 1.165) is 38.9 Å². The van der Waals surface area contributed by atoms with Crippen molar-refractivity contribution in [1.29, 1.82) is 0 Å². The molecule has 2 aromatic heterocycles. The van der Waals surface area contributed by atoms with Crippen molar-refractivity contribution in [1.82, 2.24) is 14.7 Å². The van der Waals surface area contributed by atoms with E-state index in [4.69, 9.17) is 14.6 Å². The quantitative estimate of drug-likeness (QED) is 0.436. The Morgan fingerprint density at radius 1 is 1.34 bits per heavy atom. The van der Waals surface area contributed by atoms with Crippen LogP contribution in [0.15, 0.2) is 33.9 Å². The molecule has 0 unspecified atom stereocenters. The van der Waals surface area contributed by atoms with E-state index in [1.165, 1.54) is 0 Å². The normalized spacial score (nSPS) is 12.9. The summed E-state index contributed by atoms with van der Waals surface area (Å²) in [5.41, 5.74) is 3.69. The molecule has 0 saturated carbocycles. The first-order chi connectivity index (χ1) is 15.1. The summed E-state index contributed by atoms with van der Waals surface area (Å²) in [4.78, 5) is 16.2. The number of rotatable bonds is 5. The fraction of sp³-hybridized carbons (Fsp3) is 0.417. The third-order valence-corrected chi connectivity index (χ3v) is 7.22. The van der Waals surface area contributed by atoms with Gasteiger partial charge in [0.2, 0.25) is 0 Å². The van der Waals surface area contributed by atoms with E-state index in [1.807, 2.05) is 55.4 Å². The summed E-state index contributed by atoms with van der Waals surface area (Å²) < 4.78 is 13.6. The van der Waals surface area contributed by atoms with Crippen molar-refractivity contribution in [3.63, 3.8) is 0 Å². The van der Waals surface area contributed by atoms with Crippen LogP contribution in [-0.2, 0) is 6.61 Å². The van der Waals surface area contributed by atoms with Crippen LogP contribution in [0.25, 0.3) is 16.9 Å². The second-order valence-corrected chi connectivity index (χ2v) is 11.5. The van der Waals surface area contributed by atoms with E-state index < -0.39 is 0 Å². The average molecular weight is 472 g/mol. The Morgan fingerprint density at radius 3 is 2.69 bits per heavy atom. The monoisotopic (exact) mass is 471 g/mol. The van der Waals surface area contributed by atoms with Crippen LogP contribution in [0.2, 0.25) is 0 Å². The number of fused-ring (bicyclic) bond motifs is 3. The SMILES string of the molecule is COc1cc2c(cc1SC(C)C)-c1c(c(C(=O)N(C)C(C)(C)C)nn1-c1ccsc1)CO2. The number of hydrogen-bond acceptors (Lipinski definition) is 6. The Balaban J connectivity index is 1.94. The summed E-state index contributed by atoms with van der Waals surface area (Å²) in [6, 6.07) is 6.06. The largest absolute Gasteiger partial charge is 0.495 e. The minimum atomic E-state index is -0.321.